The second-order valence-electron chi connectivity index (χ2n) is 4.22. The van der Waals surface area contributed by atoms with Gasteiger partial charge in [0.1, 0.15) is 0 Å². The van der Waals surface area contributed by atoms with E-state index in [4.69, 9.17) is 4.74 Å². The molecular weight excluding hydrogens is 228 g/mol. The molecule has 0 saturated carbocycles. The van der Waals surface area contributed by atoms with Crippen LogP contribution in [0.3, 0.4) is 0 Å². The van der Waals surface area contributed by atoms with Gasteiger partial charge in [-0.3, -0.25) is 0 Å². The first-order valence-electron chi connectivity index (χ1n) is 5.89. The maximum absolute atomic E-state index is 9.76. The number of aliphatic hydroxyl groups is 1. The number of rotatable bonds is 3. The molecule has 0 aromatic rings. The summed E-state index contributed by atoms with van der Waals surface area (Å²) in [4.78, 5) is 0. The van der Waals surface area contributed by atoms with E-state index in [1.165, 1.54) is 24.3 Å². The van der Waals surface area contributed by atoms with Crippen LogP contribution in [-0.4, -0.2) is 40.0 Å². The number of ether oxygens (including phenoxy) is 1. The van der Waals surface area contributed by atoms with E-state index in [0.717, 1.165) is 30.5 Å². The Bertz CT molecular complexity index is 183. The predicted molar refractivity (Wildman–Crippen MR) is 67.5 cm³/mol. The summed E-state index contributed by atoms with van der Waals surface area (Å²) in [7, 11) is 0. The standard InChI is InChI=1S/C11H20O2S2/c12-9-3-1-6-13-10(9)4-5-11-14-7-2-8-15-11/h9-12H,1-8H2/t9-,10+/m0/s1. The van der Waals surface area contributed by atoms with E-state index in [2.05, 4.69) is 23.5 Å². The van der Waals surface area contributed by atoms with Gasteiger partial charge in [-0.2, -0.15) is 0 Å². The van der Waals surface area contributed by atoms with Crippen molar-refractivity contribution in [2.75, 3.05) is 18.1 Å². The van der Waals surface area contributed by atoms with Crippen LogP contribution in [-0.2, 0) is 4.74 Å². The summed E-state index contributed by atoms with van der Waals surface area (Å²) in [5, 5.41) is 9.76. The van der Waals surface area contributed by atoms with Crippen molar-refractivity contribution in [3.8, 4) is 0 Å². The molecule has 1 N–H and O–H groups in total. The summed E-state index contributed by atoms with van der Waals surface area (Å²) in [6, 6.07) is 0. The van der Waals surface area contributed by atoms with Gasteiger partial charge in [-0.05, 0) is 43.6 Å². The third-order valence-corrected chi connectivity index (χ3v) is 6.07. The van der Waals surface area contributed by atoms with Crippen LogP contribution in [0.15, 0.2) is 0 Å². The molecule has 2 fully saturated rings. The quantitative estimate of drug-likeness (QED) is 0.831. The number of hydrogen-bond acceptors (Lipinski definition) is 4. The smallest absolute Gasteiger partial charge is 0.0834 e. The van der Waals surface area contributed by atoms with Gasteiger partial charge in [-0.15, -0.1) is 23.5 Å². The minimum absolute atomic E-state index is 0.113. The summed E-state index contributed by atoms with van der Waals surface area (Å²) in [6.45, 7) is 0.840. The fraction of sp³-hybridized carbons (Fsp3) is 1.00. The summed E-state index contributed by atoms with van der Waals surface area (Å²) in [5.74, 6) is 2.62. The first kappa shape index (κ1) is 12.1. The minimum atomic E-state index is -0.211. The zero-order valence-electron chi connectivity index (χ0n) is 9.06. The molecule has 2 heterocycles. The Hall–Kier alpha value is 0.620. The molecule has 2 aliphatic rings. The molecule has 2 atom stereocenters. The Balaban J connectivity index is 1.67. The third kappa shape index (κ3) is 3.84. The maximum atomic E-state index is 9.76. The molecule has 0 aromatic heterocycles. The largest absolute Gasteiger partial charge is 0.390 e. The first-order valence-corrected chi connectivity index (χ1v) is 7.99. The molecule has 2 rings (SSSR count). The second-order valence-corrected chi connectivity index (χ2v) is 7.14. The SMILES string of the molecule is O[C@H]1CCCO[C@@H]1CCC1SCCCS1. The topological polar surface area (TPSA) is 29.5 Å². The Kier molecular flexibility index (Phi) is 5.14. The number of thioether (sulfide) groups is 2. The van der Waals surface area contributed by atoms with Gasteiger partial charge in [0.25, 0.3) is 0 Å². The van der Waals surface area contributed by atoms with Gasteiger partial charge >= 0.3 is 0 Å². The van der Waals surface area contributed by atoms with Crippen LogP contribution in [0.1, 0.15) is 32.1 Å². The highest BCUT2D eigenvalue weighted by Gasteiger charge is 2.25. The highest BCUT2D eigenvalue weighted by atomic mass is 32.2. The molecule has 0 aliphatic carbocycles. The van der Waals surface area contributed by atoms with Crippen molar-refractivity contribution in [1.82, 2.24) is 0 Å². The van der Waals surface area contributed by atoms with Gasteiger partial charge in [-0.25, -0.2) is 0 Å². The Labute approximate surface area is 101 Å². The molecular formula is C11H20O2S2. The molecule has 0 aromatic carbocycles. The second kappa shape index (κ2) is 6.38. The van der Waals surface area contributed by atoms with E-state index in [9.17, 15) is 5.11 Å². The lowest BCUT2D eigenvalue weighted by molar-refractivity contribution is -0.0769. The predicted octanol–water partition coefficient (Wildman–Crippen LogP) is 2.50. The van der Waals surface area contributed by atoms with E-state index in [1.54, 1.807) is 0 Å². The van der Waals surface area contributed by atoms with Crippen molar-refractivity contribution < 1.29 is 9.84 Å². The Morgan fingerprint density at radius 1 is 1.13 bits per heavy atom. The van der Waals surface area contributed by atoms with Crippen molar-refractivity contribution in [2.24, 2.45) is 0 Å². The van der Waals surface area contributed by atoms with Gasteiger partial charge in [0.05, 0.1) is 16.8 Å². The molecule has 88 valence electrons. The summed E-state index contributed by atoms with van der Waals surface area (Å²) >= 11 is 4.16. The molecule has 0 unspecified atom stereocenters. The Morgan fingerprint density at radius 2 is 1.93 bits per heavy atom. The van der Waals surface area contributed by atoms with Gasteiger partial charge in [0.2, 0.25) is 0 Å². The van der Waals surface area contributed by atoms with Crippen LogP contribution in [0.4, 0.5) is 0 Å². The highest BCUT2D eigenvalue weighted by Crippen LogP contribution is 2.34. The molecule has 2 nitrogen and oxygen atoms in total. The number of hydrogen-bond donors (Lipinski definition) is 1. The van der Waals surface area contributed by atoms with Crippen LogP contribution in [0.2, 0.25) is 0 Å². The fourth-order valence-electron chi connectivity index (χ4n) is 2.10. The summed E-state index contributed by atoms with van der Waals surface area (Å²) in [6.07, 6.45) is 5.43. The van der Waals surface area contributed by atoms with Crippen molar-refractivity contribution in [3.63, 3.8) is 0 Å². The van der Waals surface area contributed by atoms with E-state index < -0.39 is 0 Å². The zero-order chi connectivity index (χ0) is 10.5. The maximum Gasteiger partial charge on any atom is 0.0834 e. The average molecular weight is 248 g/mol. The zero-order valence-corrected chi connectivity index (χ0v) is 10.7. The van der Waals surface area contributed by atoms with Crippen molar-refractivity contribution in [1.29, 1.82) is 0 Å². The van der Waals surface area contributed by atoms with Crippen molar-refractivity contribution >= 4 is 23.5 Å². The average Bonchev–Trinajstić information content (AvgIpc) is 2.29. The highest BCUT2D eigenvalue weighted by molar-refractivity contribution is 8.17. The van der Waals surface area contributed by atoms with Crippen LogP contribution < -0.4 is 0 Å². The Morgan fingerprint density at radius 3 is 2.67 bits per heavy atom. The monoisotopic (exact) mass is 248 g/mol. The normalized spacial score (nSPS) is 34.2. The van der Waals surface area contributed by atoms with E-state index in [1.807, 2.05) is 0 Å². The van der Waals surface area contributed by atoms with Crippen LogP contribution in [0.5, 0.6) is 0 Å². The van der Waals surface area contributed by atoms with Gasteiger partial charge in [0.15, 0.2) is 0 Å². The molecule has 2 aliphatic heterocycles. The summed E-state index contributed by atoms with van der Waals surface area (Å²) < 4.78 is 6.36. The molecule has 4 heteroatoms. The molecule has 15 heavy (non-hydrogen) atoms. The third-order valence-electron chi connectivity index (χ3n) is 2.99. The van der Waals surface area contributed by atoms with Gasteiger partial charge in [-0.1, -0.05) is 0 Å². The summed E-state index contributed by atoms with van der Waals surface area (Å²) in [5.41, 5.74) is 0. The van der Waals surface area contributed by atoms with E-state index >= 15 is 0 Å². The van der Waals surface area contributed by atoms with E-state index in [-0.39, 0.29) is 12.2 Å². The minimum Gasteiger partial charge on any atom is -0.390 e. The van der Waals surface area contributed by atoms with Gasteiger partial charge in [0, 0.05) is 6.61 Å². The van der Waals surface area contributed by atoms with Crippen LogP contribution in [0.25, 0.3) is 0 Å². The fourth-order valence-corrected chi connectivity index (χ4v) is 5.00. The lowest BCUT2D eigenvalue weighted by Crippen LogP contribution is -2.34. The molecule has 0 radical (unpaired) electrons. The van der Waals surface area contributed by atoms with E-state index in [0.29, 0.717) is 0 Å². The van der Waals surface area contributed by atoms with Crippen molar-refractivity contribution in [2.45, 2.75) is 48.9 Å². The molecule has 0 bridgehead atoms. The lowest BCUT2D eigenvalue weighted by Gasteiger charge is -2.29. The molecule has 0 amide bonds. The van der Waals surface area contributed by atoms with Crippen LogP contribution >= 0.6 is 23.5 Å². The van der Waals surface area contributed by atoms with Crippen LogP contribution in [0, 0.1) is 0 Å². The lowest BCUT2D eigenvalue weighted by atomic mass is 10.0. The molecule has 2 saturated heterocycles. The number of aliphatic hydroxyl groups excluding tert-OH is 1. The van der Waals surface area contributed by atoms with Gasteiger partial charge < -0.3 is 9.84 Å². The molecule has 0 spiro atoms. The first-order chi connectivity index (χ1) is 7.36. The van der Waals surface area contributed by atoms with Crippen molar-refractivity contribution in [3.05, 3.63) is 0 Å².